The molecule has 0 saturated carbocycles. The van der Waals surface area contributed by atoms with Crippen LogP contribution >= 0.6 is 0 Å². The van der Waals surface area contributed by atoms with Crippen molar-refractivity contribution in [3.8, 4) is 0 Å². The van der Waals surface area contributed by atoms with Crippen LogP contribution in [0.1, 0.15) is 37.2 Å². The van der Waals surface area contributed by atoms with Gasteiger partial charge in [-0.15, -0.1) is 0 Å². The van der Waals surface area contributed by atoms with Gasteiger partial charge in [-0.3, -0.25) is 0 Å². The molecule has 0 amide bonds. The first-order chi connectivity index (χ1) is 6.40. The fraction of sp³-hybridized carbons (Fsp3) is 0.700. The number of rotatable bonds is 2. The van der Waals surface area contributed by atoms with Crippen LogP contribution < -0.4 is 0 Å². The molecule has 1 fully saturated rings. The van der Waals surface area contributed by atoms with Crippen molar-refractivity contribution in [2.45, 2.75) is 32.1 Å². The van der Waals surface area contributed by atoms with E-state index in [9.17, 15) is 0 Å². The maximum absolute atomic E-state index is 5.31. The summed E-state index contributed by atoms with van der Waals surface area (Å²) in [6.07, 6.45) is 5.20. The van der Waals surface area contributed by atoms with Crippen molar-refractivity contribution in [2.75, 3.05) is 13.2 Å². The number of aromatic nitrogens is 2. The van der Waals surface area contributed by atoms with Gasteiger partial charge in [-0.1, -0.05) is 6.92 Å². The second-order valence-electron chi connectivity index (χ2n) is 3.53. The number of nitrogens with one attached hydrogen (secondary N) is 1. The van der Waals surface area contributed by atoms with Crippen LogP contribution in [0, 0.1) is 0 Å². The lowest BCUT2D eigenvalue weighted by Crippen LogP contribution is -2.15. The van der Waals surface area contributed by atoms with E-state index in [0.29, 0.717) is 5.92 Å². The Hall–Kier alpha value is -0.830. The van der Waals surface area contributed by atoms with E-state index in [1.165, 1.54) is 5.69 Å². The van der Waals surface area contributed by atoms with Gasteiger partial charge in [0.2, 0.25) is 0 Å². The Kier molecular flexibility index (Phi) is 2.64. The molecule has 13 heavy (non-hydrogen) atoms. The fourth-order valence-corrected chi connectivity index (χ4v) is 1.73. The van der Waals surface area contributed by atoms with Crippen LogP contribution in [0.4, 0.5) is 0 Å². The molecule has 3 nitrogen and oxygen atoms in total. The van der Waals surface area contributed by atoms with Crippen LogP contribution in [-0.2, 0) is 11.2 Å². The predicted molar refractivity (Wildman–Crippen MR) is 50.8 cm³/mol. The first kappa shape index (κ1) is 8.75. The second-order valence-corrected chi connectivity index (χ2v) is 3.53. The maximum Gasteiger partial charge on any atom is 0.109 e. The Bertz CT molecular complexity index is 264. The van der Waals surface area contributed by atoms with Crippen LogP contribution in [0.25, 0.3) is 0 Å². The normalized spacial score (nSPS) is 19.2. The van der Waals surface area contributed by atoms with Crippen molar-refractivity contribution in [3.63, 3.8) is 0 Å². The molecular formula is C10H16N2O. The highest BCUT2D eigenvalue weighted by Crippen LogP contribution is 2.24. The zero-order valence-electron chi connectivity index (χ0n) is 8.05. The van der Waals surface area contributed by atoms with Gasteiger partial charge in [0, 0.05) is 31.0 Å². The number of H-pyrrole nitrogens is 1. The van der Waals surface area contributed by atoms with E-state index in [-0.39, 0.29) is 0 Å². The van der Waals surface area contributed by atoms with E-state index in [0.717, 1.165) is 38.3 Å². The van der Waals surface area contributed by atoms with Crippen LogP contribution in [0.5, 0.6) is 0 Å². The molecule has 0 aromatic carbocycles. The van der Waals surface area contributed by atoms with Gasteiger partial charge in [0.15, 0.2) is 0 Å². The lowest BCUT2D eigenvalue weighted by Gasteiger charge is -2.19. The molecule has 72 valence electrons. The predicted octanol–water partition coefficient (Wildman–Crippen LogP) is 1.87. The summed E-state index contributed by atoms with van der Waals surface area (Å²) in [6.45, 7) is 3.90. The molecule has 1 N–H and O–H groups in total. The van der Waals surface area contributed by atoms with Gasteiger partial charge in [0.25, 0.3) is 0 Å². The van der Waals surface area contributed by atoms with Crippen molar-refractivity contribution < 1.29 is 4.74 Å². The number of imidazole rings is 1. The summed E-state index contributed by atoms with van der Waals surface area (Å²) in [5.74, 6) is 1.74. The zero-order chi connectivity index (χ0) is 9.10. The molecule has 2 rings (SSSR count). The van der Waals surface area contributed by atoms with E-state index in [1.807, 2.05) is 6.20 Å². The van der Waals surface area contributed by atoms with Gasteiger partial charge in [0.05, 0.1) is 0 Å². The maximum atomic E-state index is 5.31. The first-order valence-electron chi connectivity index (χ1n) is 5.01. The number of nitrogens with zero attached hydrogens (tertiary/aromatic N) is 1. The highest BCUT2D eigenvalue weighted by atomic mass is 16.5. The lowest BCUT2D eigenvalue weighted by atomic mass is 10.00. The highest BCUT2D eigenvalue weighted by molar-refractivity contribution is 5.05. The molecule has 3 heteroatoms. The highest BCUT2D eigenvalue weighted by Gasteiger charge is 2.18. The molecule has 2 heterocycles. The molecule has 1 aromatic heterocycles. The number of hydrogen-bond donors (Lipinski definition) is 1. The Morgan fingerprint density at radius 1 is 1.54 bits per heavy atom. The minimum Gasteiger partial charge on any atom is -0.381 e. The van der Waals surface area contributed by atoms with Crippen LogP contribution in [0.2, 0.25) is 0 Å². The average Bonchev–Trinajstić information content (AvgIpc) is 2.67. The quantitative estimate of drug-likeness (QED) is 0.754. The van der Waals surface area contributed by atoms with Gasteiger partial charge < -0.3 is 9.72 Å². The number of ether oxygens (including phenoxy) is 1. The number of aryl methyl sites for hydroxylation is 1. The molecule has 0 atom stereocenters. The molecule has 0 radical (unpaired) electrons. The molecule has 1 aromatic rings. The topological polar surface area (TPSA) is 37.9 Å². The van der Waals surface area contributed by atoms with E-state index in [4.69, 9.17) is 4.74 Å². The third kappa shape index (κ3) is 1.91. The lowest BCUT2D eigenvalue weighted by molar-refractivity contribution is 0.0837. The average molecular weight is 180 g/mol. The number of hydrogen-bond acceptors (Lipinski definition) is 2. The van der Waals surface area contributed by atoms with Crippen molar-refractivity contribution >= 4 is 0 Å². The third-order valence-electron chi connectivity index (χ3n) is 2.64. The van der Waals surface area contributed by atoms with Crippen LogP contribution in [0.15, 0.2) is 6.20 Å². The van der Waals surface area contributed by atoms with Gasteiger partial charge >= 0.3 is 0 Å². The van der Waals surface area contributed by atoms with Gasteiger partial charge in [-0.25, -0.2) is 4.98 Å². The molecule has 0 aliphatic carbocycles. The van der Waals surface area contributed by atoms with E-state index in [1.54, 1.807) is 0 Å². The summed E-state index contributed by atoms with van der Waals surface area (Å²) >= 11 is 0. The standard InChI is InChI=1S/C10H16N2O/c1-2-9-7-11-10(12-9)8-3-5-13-6-4-8/h7-8H,2-6H2,1H3,(H,11,12). The molecule has 1 saturated heterocycles. The Morgan fingerprint density at radius 2 is 2.31 bits per heavy atom. The monoisotopic (exact) mass is 180 g/mol. The zero-order valence-corrected chi connectivity index (χ0v) is 8.05. The number of aromatic amines is 1. The Labute approximate surface area is 78.5 Å². The van der Waals surface area contributed by atoms with Gasteiger partial charge in [-0.2, -0.15) is 0 Å². The molecule has 0 spiro atoms. The smallest absolute Gasteiger partial charge is 0.109 e. The van der Waals surface area contributed by atoms with Crippen LogP contribution in [-0.4, -0.2) is 23.2 Å². The van der Waals surface area contributed by atoms with Crippen molar-refractivity contribution in [3.05, 3.63) is 17.7 Å². The summed E-state index contributed by atoms with van der Waals surface area (Å²) in [4.78, 5) is 7.77. The summed E-state index contributed by atoms with van der Waals surface area (Å²) in [5.41, 5.74) is 1.24. The summed E-state index contributed by atoms with van der Waals surface area (Å²) < 4.78 is 5.31. The fourth-order valence-electron chi connectivity index (χ4n) is 1.73. The summed E-state index contributed by atoms with van der Waals surface area (Å²) in [5, 5.41) is 0. The van der Waals surface area contributed by atoms with Crippen molar-refractivity contribution in [1.82, 2.24) is 9.97 Å². The van der Waals surface area contributed by atoms with Gasteiger partial charge in [-0.05, 0) is 19.3 Å². The van der Waals surface area contributed by atoms with E-state index in [2.05, 4.69) is 16.9 Å². The molecule has 0 bridgehead atoms. The Balaban J connectivity index is 2.05. The Morgan fingerprint density at radius 3 is 2.92 bits per heavy atom. The van der Waals surface area contributed by atoms with Crippen molar-refractivity contribution in [1.29, 1.82) is 0 Å². The minimum atomic E-state index is 0.592. The molecule has 1 aliphatic heterocycles. The molecule has 1 aliphatic rings. The largest absolute Gasteiger partial charge is 0.381 e. The first-order valence-corrected chi connectivity index (χ1v) is 5.01. The molecule has 0 unspecified atom stereocenters. The summed E-state index contributed by atoms with van der Waals surface area (Å²) in [7, 11) is 0. The van der Waals surface area contributed by atoms with Crippen molar-refractivity contribution in [2.24, 2.45) is 0 Å². The van der Waals surface area contributed by atoms with Gasteiger partial charge in [0.1, 0.15) is 5.82 Å². The van der Waals surface area contributed by atoms with Crippen LogP contribution in [0.3, 0.4) is 0 Å². The third-order valence-corrected chi connectivity index (χ3v) is 2.64. The minimum absolute atomic E-state index is 0.592. The van der Waals surface area contributed by atoms with E-state index < -0.39 is 0 Å². The van der Waals surface area contributed by atoms with E-state index >= 15 is 0 Å². The summed E-state index contributed by atoms with van der Waals surface area (Å²) in [6, 6.07) is 0. The molecular weight excluding hydrogens is 164 g/mol. The second kappa shape index (κ2) is 3.92. The SMILES string of the molecule is CCc1cnc(C2CCOCC2)[nH]1.